The van der Waals surface area contributed by atoms with Gasteiger partial charge in [0.05, 0.1) is 6.61 Å². The van der Waals surface area contributed by atoms with Crippen molar-refractivity contribution in [3.63, 3.8) is 0 Å². The summed E-state index contributed by atoms with van der Waals surface area (Å²) in [6, 6.07) is 6.67. The molecule has 1 aliphatic rings. The summed E-state index contributed by atoms with van der Waals surface area (Å²) in [5.41, 5.74) is 2.80. The second-order valence-electron chi connectivity index (χ2n) is 5.78. The fraction of sp³-hybridized carbons (Fsp3) is 0.667. The molecule has 3 nitrogen and oxygen atoms in total. The SMILES string of the molecule is CCOc1ccc(CC)cc1CCCCN1CCNCC1. The lowest BCUT2D eigenvalue weighted by atomic mass is 10.0. The maximum Gasteiger partial charge on any atom is 0.122 e. The average Bonchev–Trinajstić information content (AvgIpc) is 2.54. The van der Waals surface area contributed by atoms with Crippen LogP contribution in [0.25, 0.3) is 0 Å². The average molecular weight is 290 g/mol. The van der Waals surface area contributed by atoms with Gasteiger partial charge in [0.25, 0.3) is 0 Å². The molecule has 1 N–H and O–H groups in total. The van der Waals surface area contributed by atoms with E-state index >= 15 is 0 Å². The normalized spacial score (nSPS) is 16.1. The summed E-state index contributed by atoms with van der Waals surface area (Å²) >= 11 is 0. The minimum Gasteiger partial charge on any atom is -0.494 e. The minimum atomic E-state index is 0.749. The Morgan fingerprint density at radius 3 is 2.67 bits per heavy atom. The van der Waals surface area contributed by atoms with E-state index in [1.54, 1.807) is 0 Å². The van der Waals surface area contributed by atoms with Gasteiger partial charge in [-0.1, -0.05) is 19.1 Å². The highest BCUT2D eigenvalue weighted by molar-refractivity contribution is 5.37. The summed E-state index contributed by atoms with van der Waals surface area (Å²) < 4.78 is 5.76. The van der Waals surface area contributed by atoms with Crippen molar-refractivity contribution in [3.05, 3.63) is 29.3 Å². The van der Waals surface area contributed by atoms with Crippen LogP contribution in [0.1, 0.15) is 37.8 Å². The number of aryl methyl sites for hydroxylation is 2. The Hall–Kier alpha value is -1.06. The molecule has 1 aromatic carbocycles. The van der Waals surface area contributed by atoms with E-state index in [0.717, 1.165) is 38.3 Å². The van der Waals surface area contributed by atoms with E-state index in [1.807, 2.05) is 0 Å². The van der Waals surface area contributed by atoms with Gasteiger partial charge >= 0.3 is 0 Å². The van der Waals surface area contributed by atoms with Crippen LogP contribution in [0, 0.1) is 0 Å². The van der Waals surface area contributed by atoms with Crippen molar-refractivity contribution in [2.75, 3.05) is 39.3 Å². The van der Waals surface area contributed by atoms with Crippen LogP contribution in [0.2, 0.25) is 0 Å². The van der Waals surface area contributed by atoms with Crippen molar-refractivity contribution in [1.82, 2.24) is 10.2 Å². The predicted molar refractivity (Wildman–Crippen MR) is 89.2 cm³/mol. The lowest BCUT2D eigenvalue weighted by molar-refractivity contribution is 0.236. The molecule has 1 heterocycles. The molecule has 2 rings (SSSR count). The molecule has 1 aliphatic heterocycles. The standard InChI is InChI=1S/C18H30N2O/c1-3-16-8-9-18(21-4-2)17(15-16)7-5-6-12-20-13-10-19-11-14-20/h8-9,15,19H,3-7,10-14H2,1-2H3. The maximum atomic E-state index is 5.76. The van der Waals surface area contributed by atoms with Gasteiger partial charge in [0, 0.05) is 26.2 Å². The number of nitrogens with one attached hydrogen (secondary N) is 1. The van der Waals surface area contributed by atoms with Crippen molar-refractivity contribution in [3.8, 4) is 5.75 Å². The van der Waals surface area contributed by atoms with E-state index < -0.39 is 0 Å². The van der Waals surface area contributed by atoms with E-state index in [-0.39, 0.29) is 0 Å². The molecule has 0 saturated carbocycles. The van der Waals surface area contributed by atoms with Gasteiger partial charge in [0.2, 0.25) is 0 Å². The highest BCUT2D eigenvalue weighted by Crippen LogP contribution is 2.22. The summed E-state index contributed by atoms with van der Waals surface area (Å²) in [7, 11) is 0. The molecule has 21 heavy (non-hydrogen) atoms. The second kappa shape index (κ2) is 9.06. The van der Waals surface area contributed by atoms with E-state index in [2.05, 4.69) is 42.3 Å². The molecule has 0 unspecified atom stereocenters. The Morgan fingerprint density at radius 1 is 1.14 bits per heavy atom. The summed E-state index contributed by atoms with van der Waals surface area (Å²) in [5.74, 6) is 1.08. The van der Waals surface area contributed by atoms with Gasteiger partial charge in [-0.2, -0.15) is 0 Å². The third-order valence-corrected chi connectivity index (χ3v) is 4.21. The first-order valence-corrected chi connectivity index (χ1v) is 8.51. The zero-order valence-corrected chi connectivity index (χ0v) is 13.7. The molecule has 0 aromatic heterocycles. The van der Waals surface area contributed by atoms with Gasteiger partial charge in [-0.05, 0) is 56.3 Å². The molecule has 1 aromatic rings. The number of rotatable bonds is 8. The van der Waals surface area contributed by atoms with Gasteiger partial charge in [-0.3, -0.25) is 0 Å². The van der Waals surface area contributed by atoms with Crippen LogP contribution in [-0.4, -0.2) is 44.2 Å². The van der Waals surface area contributed by atoms with E-state index in [0.29, 0.717) is 0 Å². The summed E-state index contributed by atoms with van der Waals surface area (Å²) in [5, 5.41) is 3.41. The second-order valence-corrected chi connectivity index (χ2v) is 5.78. The van der Waals surface area contributed by atoms with Crippen LogP contribution in [0.5, 0.6) is 5.75 Å². The molecular formula is C18H30N2O. The molecule has 1 saturated heterocycles. The Kier molecular flexibility index (Phi) is 7.04. The molecule has 0 atom stereocenters. The molecule has 0 radical (unpaired) electrons. The van der Waals surface area contributed by atoms with Crippen LogP contribution >= 0.6 is 0 Å². The number of nitrogens with zero attached hydrogens (tertiary/aromatic N) is 1. The lowest BCUT2D eigenvalue weighted by Gasteiger charge is -2.27. The quantitative estimate of drug-likeness (QED) is 0.745. The largest absolute Gasteiger partial charge is 0.494 e. The number of hydrogen-bond donors (Lipinski definition) is 1. The zero-order chi connectivity index (χ0) is 14.9. The summed E-state index contributed by atoms with van der Waals surface area (Å²) in [6.07, 6.45) is 4.76. The van der Waals surface area contributed by atoms with Crippen molar-refractivity contribution in [1.29, 1.82) is 0 Å². The van der Waals surface area contributed by atoms with Crippen LogP contribution < -0.4 is 10.1 Å². The Bertz CT molecular complexity index is 414. The maximum absolute atomic E-state index is 5.76. The molecule has 3 heteroatoms. The smallest absolute Gasteiger partial charge is 0.122 e. The highest BCUT2D eigenvalue weighted by atomic mass is 16.5. The first-order valence-electron chi connectivity index (χ1n) is 8.51. The molecule has 0 amide bonds. The van der Waals surface area contributed by atoms with Crippen LogP contribution in [0.15, 0.2) is 18.2 Å². The van der Waals surface area contributed by atoms with Crippen LogP contribution in [0.4, 0.5) is 0 Å². The van der Waals surface area contributed by atoms with Crippen molar-refractivity contribution in [2.45, 2.75) is 39.5 Å². The third-order valence-electron chi connectivity index (χ3n) is 4.21. The van der Waals surface area contributed by atoms with Gasteiger partial charge in [0.15, 0.2) is 0 Å². The Labute approximate surface area is 129 Å². The number of piperazine rings is 1. The molecule has 0 bridgehead atoms. The topological polar surface area (TPSA) is 24.5 Å². The fourth-order valence-electron chi connectivity index (χ4n) is 2.93. The van der Waals surface area contributed by atoms with Gasteiger partial charge in [0.1, 0.15) is 5.75 Å². The molecule has 0 aliphatic carbocycles. The number of hydrogen-bond acceptors (Lipinski definition) is 3. The molecule has 0 spiro atoms. The first kappa shape index (κ1) is 16.3. The van der Waals surface area contributed by atoms with Crippen LogP contribution in [0.3, 0.4) is 0 Å². The van der Waals surface area contributed by atoms with Gasteiger partial charge in [-0.15, -0.1) is 0 Å². The lowest BCUT2D eigenvalue weighted by Crippen LogP contribution is -2.43. The Morgan fingerprint density at radius 2 is 1.95 bits per heavy atom. The highest BCUT2D eigenvalue weighted by Gasteiger charge is 2.09. The molecule has 118 valence electrons. The van der Waals surface area contributed by atoms with Crippen LogP contribution in [-0.2, 0) is 12.8 Å². The number of ether oxygens (including phenoxy) is 1. The summed E-state index contributed by atoms with van der Waals surface area (Å²) in [4.78, 5) is 2.57. The predicted octanol–water partition coefficient (Wildman–Crippen LogP) is 2.88. The van der Waals surface area contributed by atoms with Crippen molar-refractivity contribution < 1.29 is 4.74 Å². The number of benzene rings is 1. The van der Waals surface area contributed by atoms with Crippen molar-refractivity contribution >= 4 is 0 Å². The minimum absolute atomic E-state index is 0.749. The van der Waals surface area contributed by atoms with Gasteiger partial charge in [-0.25, -0.2) is 0 Å². The van der Waals surface area contributed by atoms with E-state index in [4.69, 9.17) is 4.74 Å². The first-order chi connectivity index (χ1) is 10.3. The van der Waals surface area contributed by atoms with E-state index in [1.165, 1.54) is 43.6 Å². The third kappa shape index (κ3) is 5.33. The van der Waals surface area contributed by atoms with Gasteiger partial charge < -0.3 is 15.0 Å². The Balaban J connectivity index is 1.80. The summed E-state index contributed by atoms with van der Waals surface area (Å²) in [6.45, 7) is 11.0. The molecule has 1 fully saturated rings. The van der Waals surface area contributed by atoms with E-state index in [9.17, 15) is 0 Å². The fourth-order valence-corrected chi connectivity index (χ4v) is 2.93. The molecular weight excluding hydrogens is 260 g/mol. The van der Waals surface area contributed by atoms with Crippen molar-refractivity contribution in [2.24, 2.45) is 0 Å². The monoisotopic (exact) mass is 290 g/mol. The zero-order valence-electron chi connectivity index (χ0n) is 13.7. The number of unbranched alkanes of at least 4 members (excludes halogenated alkanes) is 1.